The molecular formula is C23H32N4O2. The van der Waals surface area contributed by atoms with Crippen LogP contribution in [-0.4, -0.2) is 48.6 Å². The second kappa shape index (κ2) is 11.2. The molecule has 3 N–H and O–H groups in total. The largest absolute Gasteiger partial charge is 0.384 e. The highest BCUT2D eigenvalue weighted by Gasteiger charge is 2.22. The van der Waals surface area contributed by atoms with E-state index in [2.05, 4.69) is 15.6 Å². The molecule has 0 spiro atoms. The molecule has 2 rings (SSSR count). The summed E-state index contributed by atoms with van der Waals surface area (Å²) in [7, 11) is 1.81. The van der Waals surface area contributed by atoms with Crippen LogP contribution in [0.3, 0.4) is 0 Å². The van der Waals surface area contributed by atoms with Crippen molar-refractivity contribution in [2.24, 2.45) is 4.99 Å². The molecule has 0 saturated carbocycles. The number of carbonyl (C=O) groups is 1. The van der Waals surface area contributed by atoms with E-state index >= 15 is 0 Å². The summed E-state index contributed by atoms with van der Waals surface area (Å²) in [4.78, 5) is 18.6. The van der Waals surface area contributed by atoms with E-state index in [0.717, 1.165) is 11.1 Å². The van der Waals surface area contributed by atoms with Gasteiger partial charge in [0.05, 0.1) is 6.54 Å². The number of hydrogen-bond acceptors (Lipinski definition) is 3. The lowest BCUT2D eigenvalue weighted by atomic mass is 9.96. The third-order valence-corrected chi connectivity index (χ3v) is 4.60. The lowest BCUT2D eigenvalue weighted by Crippen LogP contribution is -2.40. The van der Waals surface area contributed by atoms with Crippen molar-refractivity contribution < 1.29 is 9.90 Å². The molecule has 0 bridgehead atoms. The molecular weight excluding hydrogens is 364 g/mol. The number of nitrogens with zero attached hydrogens (tertiary/aromatic N) is 2. The Kier molecular flexibility index (Phi) is 8.68. The molecule has 0 heterocycles. The first-order chi connectivity index (χ1) is 13.9. The van der Waals surface area contributed by atoms with Crippen molar-refractivity contribution in [3.05, 3.63) is 71.8 Å². The van der Waals surface area contributed by atoms with Gasteiger partial charge in [0.2, 0.25) is 5.91 Å². The summed E-state index contributed by atoms with van der Waals surface area (Å²) in [6, 6.07) is 19.4. The maximum absolute atomic E-state index is 12.4. The number of carbonyl (C=O) groups excluding carboxylic acids is 1. The van der Waals surface area contributed by atoms with Gasteiger partial charge in [0.1, 0.15) is 5.60 Å². The molecule has 2 aromatic rings. The minimum Gasteiger partial charge on any atom is -0.384 e. The standard InChI is InChI=1S/C23H32N4O2/c1-4-24-22(26-18-23(2,29)20-13-9-6-10-14-20)25-16-15-21(28)27(3)17-19-11-7-5-8-12-19/h5-14,29H,4,15-18H2,1-3H3,(H2,24,25,26). The van der Waals surface area contributed by atoms with Gasteiger partial charge in [0.15, 0.2) is 5.96 Å². The molecule has 0 aromatic heterocycles. The molecule has 0 radical (unpaired) electrons. The molecule has 0 aliphatic heterocycles. The van der Waals surface area contributed by atoms with E-state index in [0.29, 0.717) is 32.0 Å². The average Bonchev–Trinajstić information content (AvgIpc) is 2.73. The fraction of sp³-hybridized carbons (Fsp3) is 0.391. The first kappa shape index (κ1) is 22.4. The van der Waals surface area contributed by atoms with Crippen LogP contribution in [-0.2, 0) is 16.9 Å². The van der Waals surface area contributed by atoms with Crippen molar-refractivity contribution in [3.8, 4) is 0 Å². The molecule has 0 aliphatic rings. The Morgan fingerprint density at radius 1 is 1.07 bits per heavy atom. The van der Waals surface area contributed by atoms with Gasteiger partial charge in [-0.05, 0) is 25.0 Å². The Balaban J connectivity index is 1.85. The van der Waals surface area contributed by atoms with Crippen LogP contribution in [0.2, 0.25) is 0 Å². The summed E-state index contributed by atoms with van der Waals surface area (Å²) in [6.45, 7) is 5.70. The van der Waals surface area contributed by atoms with Crippen molar-refractivity contribution in [1.29, 1.82) is 0 Å². The zero-order valence-electron chi connectivity index (χ0n) is 17.6. The second-order valence-electron chi connectivity index (χ2n) is 7.25. The van der Waals surface area contributed by atoms with Gasteiger partial charge in [-0.15, -0.1) is 0 Å². The number of benzene rings is 2. The number of nitrogens with one attached hydrogen (secondary N) is 2. The summed E-state index contributed by atoms with van der Waals surface area (Å²) in [6.07, 6.45) is 0.364. The molecule has 0 aliphatic carbocycles. The van der Waals surface area contributed by atoms with E-state index in [-0.39, 0.29) is 12.5 Å². The van der Waals surface area contributed by atoms with Gasteiger partial charge in [-0.1, -0.05) is 60.7 Å². The van der Waals surface area contributed by atoms with Gasteiger partial charge < -0.3 is 20.6 Å². The van der Waals surface area contributed by atoms with Crippen molar-refractivity contribution in [3.63, 3.8) is 0 Å². The number of hydrogen-bond donors (Lipinski definition) is 3. The Labute approximate surface area is 173 Å². The van der Waals surface area contributed by atoms with E-state index in [4.69, 9.17) is 0 Å². The molecule has 1 atom stereocenters. The fourth-order valence-corrected chi connectivity index (χ4v) is 2.89. The first-order valence-electron chi connectivity index (χ1n) is 10.0. The Bertz CT molecular complexity index is 776. The van der Waals surface area contributed by atoms with Crippen molar-refractivity contribution >= 4 is 11.9 Å². The lowest BCUT2D eigenvalue weighted by molar-refractivity contribution is -0.130. The maximum atomic E-state index is 12.4. The highest BCUT2D eigenvalue weighted by atomic mass is 16.3. The predicted octanol–water partition coefficient (Wildman–Crippen LogP) is 2.50. The minimum absolute atomic E-state index is 0.0634. The number of amides is 1. The van der Waals surface area contributed by atoms with E-state index in [9.17, 15) is 9.90 Å². The summed E-state index contributed by atoms with van der Waals surface area (Å²) in [5.74, 6) is 0.649. The Morgan fingerprint density at radius 2 is 1.69 bits per heavy atom. The first-order valence-corrected chi connectivity index (χ1v) is 10.0. The van der Waals surface area contributed by atoms with E-state index < -0.39 is 5.60 Å². The summed E-state index contributed by atoms with van der Waals surface area (Å²) >= 11 is 0. The van der Waals surface area contributed by atoms with Crippen molar-refractivity contribution in [2.45, 2.75) is 32.4 Å². The molecule has 156 valence electrons. The van der Waals surface area contributed by atoms with Crippen LogP contribution >= 0.6 is 0 Å². The third kappa shape index (κ3) is 7.58. The summed E-state index contributed by atoms with van der Waals surface area (Å²) in [5.41, 5.74) is 0.863. The van der Waals surface area contributed by atoms with Crippen LogP contribution in [0, 0.1) is 0 Å². The quantitative estimate of drug-likeness (QED) is 0.450. The summed E-state index contributed by atoms with van der Waals surface area (Å²) < 4.78 is 0. The molecule has 1 amide bonds. The Hall–Kier alpha value is -2.86. The highest BCUT2D eigenvalue weighted by Crippen LogP contribution is 2.20. The monoisotopic (exact) mass is 396 g/mol. The van der Waals surface area contributed by atoms with E-state index in [1.807, 2.05) is 74.6 Å². The smallest absolute Gasteiger partial charge is 0.224 e. The molecule has 6 nitrogen and oxygen atoms in total. The normalized spacial score (nSPS) is 13.4. The van der Waals surface area contributed by atoms with E-state index in [1.165, 1.54) is 0 Å². The van der Waals surface area contributed by atoms with Crippen molar-refractivity contribution in [2.75, 3.05) is 26.7 Å². The van der Waals surface area contributed by atoms with Crippen molar-refractivity contribution in [1.82, 2.24) is 15.5 Å². The fourth-order valence-electron chi connectivity index (χ4n) is 2.89. The number of guanidine groups is 1. The van der Waals surface area contributed by atoms with Crippen LogP contribution < -0.4 is 10.6 Å². The third-order valence-electron chi connectivity index (χ3n) is 4.60. The van der Waals surface area contributed by atoms with Crippen LogP contribution in [0.25, 0.3) is 0 Å². The Morgan fingerprint density at radius 3 is 2.31 bits per heavy atom. The van der Waals surface area contributed by atoms with Gasteiger partial charge in [-0.25, -0.2) is 4.99 Å². The number of aliphatic hydroxyl groups is 1. The average molecular weight is 397 g/mol. The van der Waals surface area contributed by atoms with Gasteiger partial charge in [0, 0.05) is 33.1 Å². The second-order valence-corrected chi connectivity index (χ2v) is 7.25. The number of aliphatic imine (C=N–C) groups is 1. The van der Waals surface area contributed by atoms with Crippen LogP contribution in [0.5, 0.6) is 0 Å². The topological polar surface area (TPSA) is 77.0 Å². The highest BCUT2D eigenvalue weighted by molar-refractivity contribution is 5.81. The van der Waals surface area contributed by atoms with Crippen LogP contribution in [0.4, 0.5) is 0 Å². The van der Waals surface area contributed by atoms with Gasteiger partial charge >= 0.3 is 0 Å². The molecule has 29 heavy (non-hydrogen) atoms. The molecule has 0 fully saturated rings. The SMILES string of the molecule is CCNC(=NCC(C)(O)c1ccccc1)NCCC(=O)N(C)Cc1ccccc1. The molecule has 1 unspecified atom stereocenters. The summed E-state index contributed by atoms with van der Waals surface area (Å²) in [5, 5.41) is 17.0. The molecule has 6 heteroatoms. The van der Waals surface area contributed by atoms with Gasteiger partial charge in [0.25, 0.3) is 0 Å². The van der Waals surface area contributed by atoms with Crippen LogP contribution in [0.15, 0.2) is 65.7 Å². The maximum Gasteiger partial charge on any atom is 0.224 e. The van der Waals surface area contributed by atoms with E-state index in [1.54, 1.807) is 11.8 Å². The zero-order valence-corrected chi connectivity index (χ0v) is 17.6. The lowest BCUT2D eigenvalue weighted by Gasteiger charge is -2.22. The van der Waals surface area contributed by atoms with Gasteiger partial charge in [-0.2, -0.15) is 0 Å². The minimum atomic E-state index is -1.06. The number of rotatable bonds is 9. The van der Waals surface area contributed by atoms with Crippen LogP contribution in [0.1, 0.15) is 31.4 Å². The molecule has 2 aromatic carbocycles. The zero-order chi connectivity index (χ0) is 21.1. The predicted molar refractivity (Wildman–Crippen MR) is 118 cm³/mol. The molecule has 0 saturated heterocycles. The van der Waals surface area contributed by atoms with Gasteiger partial charge in [-0.3, -0.25) is 4.79 Å².